The molecule has 1 atom stereocenters. The second kappa shape index (κ2) is 8.97. The van der Waals surface area contributed by atoms with E-state index in [0.29, 0.717) is 0 Å². The van der Waals surface area contributed by atoms with E-state index >= 15 is 0 Å². The van der Waals surface area contributed by atoms with Crippen LogP contribution in [0.3, 0.4) is 0 Å². The zero-order valence-corrected chi connectivity index (χ0v) is 14.1. The molecule has 0 heterocycles. The largest absolute Gasteiger partial charge is 0.381 e. The van der Waals surface area contributed by atoms with Gasteiger partial charge in [0.05, 0.1) is 5.71 Å². The molecule has 0 radical (unpaired) electrons. The number of oxime groups is 1. The zero-order chi connectivity index (χ0) is 15.0. The Hall–Kier alpha value is -1.07. The van der Waals surface area contributed by atoms with E-state index in [-0.39, 0.29) is 5.44 Å². The molecule has 0 aliphatic heterocycles. The smallest absolute Gasteiger partial charge is 0.176 e. The lowest BCUT2D eigenvalue weighted by Gasteiger charge is -2.22. The van der Waals surface area contributed by atoms with Crippen LogP contribution in [-0.4, -0.2) is 33.5 Å². The molecular weight excluding hydrogens is 288 g/mol. The van der Waals surface area contributed by atoms with Gasteiger partial charge in [0, 0.05) is 13.1 Å². The summed E-state index contributed by atoms with van der Waals surface area (Å²) in [4.78, 5) is 7.64. The van der Waals surface area contributed by atoms with Crippen LogP contribution in [0.1, 0.15) is 33.3 Å². The molecule has 0 spiro atoms. The maximum Gasteiger partial charge on any atom is 0.176 e. The Labute approximate surface area is 131 Å². The molecule has 5 heteroatoms. The third kappa shape index (κ3) is 5.51. The van der Waals surface area contributed by atoms with Crippen molar-refractivity contribution in [1.82, 2.24) is 4.90 Å². The van der Waals surface area contributed by atoms with E-state index in [2.05, 4.69) is 23.9 Å². The first-order valence-corrected chi connectivity index (χ1v) is 8.08. The van der Waals surface area contributed by atoms with Crippen LogP contribution < -0.4 is 0 Å². The van der Waals surface area contributed by atoms with Crippen molar-refractivity contribution in [3.05, 3.63) is 35.9 Å². The highest BCUT2D eigenvalue weighted by molar-refractivity contribution is 8.23. The van der Waals surface area contributed by atoms with Gasteiger partial charge in [-0.2, -0.15) is 0 Å². The number of benzene rings is 1. The molecule has 1 aromatic carbocycles. The van der Waals surface area contributed by atoms with Gasteiger partial charge in [0.2, 0.25) is 0 Å². The van der Waals surface area contributed by atoms with E-state index < -0.39 is 0 Å². The van der Waals surface area contributed by atoms with E-state index in [1.165, 1.54) is 11.8 Å². The van der Waals surface area contributed by atoms with Crippen molar-refractivity contribution in [2.45, 2.75) is 33.1 Å². The third-order valence-corrected chi connectivity index (χ3v) is 4.24. The Morgan fingerprint density at radius 2 is 1.90 bits per heavy atom. The molecule has 0 amide bonds. The van der Waals surface area contributed by atoms with Crippen LogP contribution in [0.2, 0.25) is 0 Å². The molecule has 3 nitrogen and oxygen atoms in total. The van der Waals surface area contributed by atoms with Gasteiger partial charge in [0.25, 0.3) is 0 Å². The SMILES string of the molecule is CCN(CC)C(=S)SC(C)ON=C(C)c1ccccc1. The predicted molar refractivity (Wildman–Crippen MR) is 92.3 cm³/mol. The van der Waals surface area contributed by atoms with Crippen molar-refractivity contribution < 1.29 is 4.84 Å². The average Bonchev–Trinajstić information content (AvgIpc) is 2.47. The third-order valence-electron chi connectivity index (χ3n) is 2.82. The molecule has 1 unspecified atom stereocenters. The van der Waals surface area contributed by atoms with Crippen LogP contribution in [0.15, 0.2) is 35.5 Å². The Morgan fingerprint density at radius 1 is 1.30 bits per heavy atom. The molecule has 0 aliphatic carbocycles. The first-order valence-electron chi connectivity index (χ1n) is 6.79. The van der Waals surface area contributed by atoms with Crippen molar-refractivity contribution in [2.75, 3.05) is 13.1 Å². The summed E-state index contributed by atoms with van der Waals surface area (Å²) in [5.41, 5.74) is 1.84. The van der Waals surface area contributed by atoms with Crippen LogP contribution in [0.5, 0.6) is 0 Å². The topological polar surface area (TPSA) is 24.8 Å². The molecule has 0 saturated heterocycles. The molecule has 1 aromatic rings. The van der Waals surface area contributed by atoms with Gasteiger partial charge in [0.1, 0.15) is 4.32 Å². The van der Waals surface area contributed by atoms with Gasteiger partial charge in [-0.1, -0.05) is 47.7 Å². The monoisotopic (exact) mass is 310 g/mol. The van der Waals surface area contributed by atoms with E-state index in [9.17, 15) is 0 Å². The fourth-order valence-corrected chi connectivity index (χ4v) is 3.05. The average molecular weight is 310 g/mol. The van der Waals surface area contributed by atoms with Gasteiger partial charge in [-0.25, -0.2) is 0 Å². The fraction of sp³-hybridized carbons (Fsp3) is 0.467. The summed E-state index contributed by atoms with van der Waals surface area (Å²) < 4.78 is 0.857. The van der Waals surface area contributed by atoms with Crippen molar-refractivity contribution >= 4 is 34.0 Å². The molecular formula is C15H22N2OS2. The normalized spacial score (nSPS) is 12.9. The van der Waals surface area contributed by atoms with E-state index in [1.54, 1.807) is 0 Å². The summed E-state index contributed by atoms with van der Waals surface area (Å²) in [6.07, 6.45) is 0. The number of thioether (sulfide) groups is 1. The molecule has 0 aromatic heterocycles. The zero-order valence-electron chi connectivity index (χ0n) is 12.5. The van der Waals surface area contributed by atoms with E-state index in [1.807, 2.05) is 44.2 Å². The van der Waals surface area contributed by atoms with Crippen molar-refractivity contribution in [3.8, 4) is 0 Å². The second-order valence-electron chi connectivity index (χ2n) is 4.27. The molecule has 1 rings (SSSR count). The number of hydrogen-bond acceptors (Lipinski definition) is 4. The molecule has 110 valence electrons. The number of rotatable bonds is 6. The van der Waals surface area contributed by atoms with Gasteiger partial charge < -0.3 is 9.74 Å². The van der Waals surface area contributed by atoms with Gasteiger partial charge in [0.15, 0.2) is 5.44 Å². The summed E-state index contributed by atoms with van der Waals surface area (Å²) in [5, 5.41) is 4.18. The van der Waals surface area contributed by atoms with Crippen LogP contribution in [-0.2, 0) is 4.84 Å². The first-order chi connectivity index (χ1) is 9.58. The van der Waals surface area contributed by atoms with E-state index in [4.69, 9.17) is 17.1 Å². The lowest BCUT2D eigenvalue weighted by Crippen LogP contribution is -2.28. The van der Waals surface area contributed by atoms with Crippen LogP contribution >= 0.6 is 24.0 Å². The van der Waals surface area contributed by atoms with Crippen LogP contribution in [0.25, 0.3) is 0 Å². The second-order valence-corrected chi connectivity index (χ2v) is 6.20. The lowest BCUT2D eigenvalue weighted by atomic mass is 10.1. The number of thiocarbonyl (C=S) groups is 1. The van der Waals surface area contributed by atoms with Crippen LogP contribution in [0.4, 0.5) is 0 Å². The molecule has 0 fully saturated rings. The number of hydrogen-bond donors (Lipinski definition) is 0. The molecule has 0 N–H and O–H groups in total. The molecule has 0 saturated carbocycles. The molecule has 20 heavy (non-hydrogen) atoms. The number of nitrogens with zero attached hydrogens (tertiary/aromatic N) is 2. The highest BCUT2D eigenvalue weighted by Gasteiger charge is 2.12. The summed E-state index contributed by atoms with van der Waals surface area (Å²) in [5.74, 6) is 0. The van der Waals surface area contributed by atoms with Crippen LogP contribution in [0, 0.1) is 0 Å². The predicted octanol–water partition coefficient (Wildman–Crippen LogP) is 4.13. The Balaban J connectivity index is 2.51. The maximum atomic E-state index is 5.50. The van der Waals surface area contributed by atoms with Gasteiger partial charge in [-0.15, -0.1) is 0 Å². The molecule has 0 bridgehead atoms. The van der Waals surface area contributed by atoms with Gasteiger partial charge in [-0.3, -0.25) is 0 Å². The Kier molecular flexibility index (Phi) is 7.62. The van der Waals surface area contributed by atoms with Crippen molar-refractivity contribution in [2.24, 2.45) is 5.16 Å². The van der Waals surface area contributed by atoms with Gasteiger partial charge >= 0.3 is 0 Å². The highest BCUT2D eigenvalue weighted by Crippen LogP contribution is 2.17. The fourth-order valence-electron chi connectivity index (χ4n) is 1.61. The minimum absolute atomic E-state index is 0.0956. The maximum absolute atomic E-state index is 5.50. The highest BCUT2D eigenvalue weighted by atomic mass is 32.2. The standard InChI is InChI=1S/C15H22N2OS2/c1-5-17(6-2)15(19)20-13(4)18-16-12(3)14-10-8-7-9-11-14/h7-11,13H,5-6H2,1-4H3. The summed E-state index contributed by atoms with van der Waals surface area (Å²) in [7, 11) is 0. The minimum Gasteiger partial charge on any atom is -0.381 e. The van der Waals surface area contributed by atoms with Gasteiger partial charge in [-0.05, 0) is 45.0 Å². The first kappa shape index (κ1) is 17.0. The quantitative estimate of drug-likeness (QED) is 0.341. The summed E-state index contributed by atoms with van der Waals surface area (Å²) >= 11 is 6.91. The lowest BCUT2D eigenvalue weighted by molar-refractivity contribution is 0.134. The Morgan fingerprint density at radius 3 is 2.45 bits per heavy atom. The van der Waals surface area contributed by atoms with E-state index in [0.717, 1.165) is 28.7 Å². The minimum atomic E-state index is -0.0956. The van der Waals surface area contributed by atoms with Crippen molar-refractivity contribution in [3.63, 3.8) is 0 Å². The molecule has 0 aliphatic rings. The summed E-state index contributed by atoms with van der Waals surface area (Å²) in [6.45, 7) is 9.93. The summed E-state index contributed by atoms with van der Waals surface area (Å²) in [6, 6.07) is 9.99. The Bertz CT molecular complexity index is 444. The van der Waals surface area contributed by atoms with Crippen molar-refractivity contribution in [1.29, 1.82) is 0 Å².